The summed E-state index contributed by atoms with van der Waals surface area (Å²) in [5.74, 6) is 0.299. The maximum absolute atomic E-state index is 12.8. The van der Waals surface area contributed by atoms with Gasteiger partial charge < -0.3 is 10.2 Å². The van der Waals surface area contributed by atoms with Gasteiger partial charge in [0.25, 0.3) is 0 Å². The molecule has 0 radical (unpaired) electrons. The normalized spacial score (nSPS) is 29.7. The minimum Gasteiger partial charge on any atom is -0.340 e. The smallest absolute Gasteiger partial charge is 0.249 e. The van der Waals surface area contributed by atoms with Crippen LogP contribution in [0.15, 0.2) is 12.1 Å². The van der Waals surface area contributed by atoms with Gasteiger partial charge in [0.1, 0.15) is 11.6 Å². The van der Waals surface area contributed by atoms with Crippen LogP contribution in [0.1, 0.15) is 31.6 Å². The van der Waals surface area contributed by atoms with Crippen molar-refractivity contribution in [2.75, 3.05) is 6.54 Å². The average Bonchev–Trinajstić information content (AvgIpc) is 3.21. The van der Waals surface area contributed by atoms with Gasteiger partial charge in [-0.15, -0.1) is 11.3 Å². The summed E-state index contributed by atoms with van der Waals surface area (Å²) in [6.07, 6.45) is 2.78. The highest BCUT2D eigenvalue weighted by atomic mass is 35.5. The molecule has 1 N–H and O–H groups in total. The van der Waals surface area contributed by atoms with Crippen LogP contribution in [-0.2, 0) is 16.0 Å². The molecule has 2 heterocycles. The second kappa shape index (κ2) is 5.29. The highest BCUT2D eigenvalue weighted by molar-refractivity contribution is 7.16. The van der Waals surface area contributed by atoms with Crippen molar-refractivity contribution in [2.45, 2.75) is 44.7 Å². The lowest BCUT2D eigenvalue weighted by Crippen LogP contribution is -2.69. The largest absolute Gasteiger partial charge is 0.340 e. The Bertz CT molecular complexity index is 584. The minimum atomic E-state index is -0.712. The number of nitrogens with one attached hydrogen (secondary N) is 1. The van der Waals surface area contributed by atoms with Gasteiger partial charge in [0.2, 0.25) is 11.8 Å². The molecule has 1 saturated heterocycles. The van der Waals surface area contributed by atoms with E-state index >= 15 is 0 Å². The molecule has 2 aliphatic rings. The zero-order valence-corrected chi connectivity index (χ0v) is 13.8. The van der Waals surface area contributed by atoms with Gasteiger partial charge in [-0.2, -0.15) is 0 Å². The highest BCUT2D eigenvalue weighted by Gasteiger charge is 2.54. The quantitative estimate of drug-likeness (QED) is 0.924. The van der Waals surface area contributed by atoms with E-state index in [1.54, 1.807) is 11.8 Å². The molecule has 0 spiro atoms. The Hall–Kier alpha value is -1.07. The lowest BCUT2D eigenvalue weighted by Gasteiger charge is -2.43. The SMILES string of the molecule is CC1C(=O)NC(C)(C2CC2)C(=O)N1CCc1ccc(Cl)s1. The molecular formula is C15H19ClN2O2S. The second-order valence-corrected chi connectivity index (χ2v) is 7.90. The fraction of sp³-hybridized carbons (Fsp3) is 0.600. The van der Waals surface area contributed by atoms with Crippen LogP contribution in [0.3, 0.4) is 0 Å². The van der Waals surface area contributed by atoms with E-state index in [4.69, 9.17) is 11.6 Å². The summed E-state index contributed by atoms with van der Waals surface area (Å²) in [6, 6.07) is 3.44. The van der Waals surface area contributed by atoms with Crippen LogP contribution in [0.5, 0.6) is 0 Å². The van der Waals surface area contributed by atoms with Crippen LogP contribution in [0.4, 0.5) is 0 Å². The third-order valence-electron chi connectivity index (χ3n) is 4.56. The van der Waals surface area contributed by atoms with Crippen molar-refractivity contribution in [3.63, 3.8) is 0 Å². The summed E-state index contributed by atoms with van der Waals surface area (Å²) in [5.41, 5.74) is -0.712. The van der Waals surface area contributed by atoms with Crippen LogP contribution in [0.2, 0.25) is 4.34 Å². The highest BCUT2D eigenvalue weighted by Crippen LogP contribution is 2.42. The summed E-state index contributed by atoms with van der Waals surface area (Å²) >= 11 is 7.46. The Morgan fingerprint density at radius 1 is 1.43 bits per heavy atom. The summed E-state index contributed by atoms with van der Waals surface area (Å²) < 4.78 is 0.753. The van der Waals surface area contributed by atoms with Crippen molar-refractivity contribution in [1.29, 1.82) is 0 Å². The number of carbonyl (C=O) groups is 2. The average molecular weight is 327 g/mol. The van der Waals surface area contributed by atoms with Gasteiger partial charge in [0, 0.05) is 11.4 Å². The van der Waals surface area contributed by atoms with Crippen molar-refractivity contribution >= 4 is 34.8 Å². The fourth-order valence-electron chi connectivity index (χ4n) is 2.98. The molecule has 6 heteroatoms. The van der Waals surface area contributed by atoms with Gasteiger partial charge in [-0.1, -0.05) is 11.6 Å². The van der Waals surface area contributed by atoms with E-state index in [2.05, 4.69) is 5.32 Å². The van der Waals surface area contributed by atoms with E-state index in [9.17, 15) is 9.59 Å². The first-order valence-electron chi connectivity index (χ1n) is 7.29. The van der Waals surface area contributed by atoms with Gasteiger partial charge in [0.15, 0.2) is 0 Å². The first-order chi connectivity index (χ1) is 9.91. The van der Waals surface area contributed by atoms with Crippen molar-refractivity contribution in [2.24, 2.45) is 5.92 Å². The number of hydrogen-bond acceptors (Lipinski definition) is 3. The summed E-state index contributed by atoms with van der Waals surface area (Å²) in [7, 11) is 0. The van der Waals surface area contributed by atoms with Crippen molar-refractivity contribution in [1.82, 2.24) is 10.2 Å². The zero-order chi connectivity index (χ0) is 15.2. The van der Waals surface area contributed by atoms with Crippen molar-refractivity contribution in [3.05, 3.63) is 21.3 Å². The molecule has 2 fully saturated rings. The van der Waals surface area contributed by atoms with E-state index in [-0.39, 0.29) is 11.8 Å². The molecule has 2 atom stereocenters. The van der Waals surface area contributed by atoms with Gasteiger partial charge in [-0.25, -0.2) is 0 Å². The third kappa shape index (κ3) is 2.69. The van der Waals surface area contributed by atoms with Crippen LogP contribution in [0, 0.1) is 5.92 Å². The van der Waals surface area contributed by atoms with E-state index in [1.165, 1.54) is 11.3 Å². The molecule has 1 aliphatic carbocycles. The number of carbonyl (C=O) groups excluding carboxylic acids is 2. The number of amides is 2. The summed E-state index contributed by atoms with van der Waals surface area (Å²) in [4.78, 5) is 27.9. The lowest BCUT2D eigenvalue weighted by molar-refractivity contribution is -0.154. The van der Waals surface area contributed by atoms with Gasteiger partial charge >= 0.3 is 0 Å². The number of hydrogen-bond donors (Lipinski definition) is 1. The van der Waals surface area contributed by atoms with E-state index in [0.717, 1.165) is 28.5 Å². The van der Waals surface area contributed by atoms with Crippen molar-refractivity contribution in [3.8, 4) is 0 Å². The van der Waals surface area contributed by atoms with Crippen LogP contribution < -0.4 is 5.32 Å². The number of halogens is 1. The maximum Gasteiger partial charge on any atom is 0.249 e. The minimum absolute atomic E-state index is 0.0480. The summed E-state index contributed by atoms with van der Waals surface area (Å²) in [6.45, 7) is 4.22. The third-order valence-corrected chi connectivity index (χ3v) is 5.85. The predicted octanol–water partition coefficient (Wildman–Crippen LogP) is 2.46. The molecule has 4 nitrogen and oxygen atoms in total. The van der Waals surface area contributed by atoms with E-state index in [0.29, 0.717) is 12.5 Å². The lowest BCUT2D eigenvalue weighted by atomic mass is 9.89. The van der Waals surface area contributed by atoms with Crippen LogP contribution >= 0.6 is 22.9 Å². The van der Waals surface area contributed by atoms with Gasteiger partial charge in [-0.3, -0.25) is 9.59 Å². The molecule has 21 heavy (non-hydrogen) atoms. The first-order valence-corrected chi connectivity index (χ1v) is 8.48. The van der Waals surface area contributed by atoms with Crippen LogP contribution in [-0.4, -0.2) is 34.8 Å². The van der Waals surface area contributed by atoms with Crippen molar-refractivity contribution < 1.29 is 9.59 Å². The molecule has 1 saturated carbocycles. The molecule has 1 aromatic rings. The number of rotatable bonds is 4. The van der Waals surface area contributed by atoms with E-state index < -0.39 is 11.6 Å². The van der Waals surface area contributed by atoms with Gasteiger partial charge in [0.05, 0.1) is 4.34 Å². The Morgan fingerprint density at radius 2 is 2.14 bits per heavy atom. The van der Waals surface area contributed by atoms with E-state index in [1.807, 2.05) is 19.1 Å². The molecular weight excluding hydrogens is 308 g/mol. The van der Waals surface area contributed by atoms with Crippen LogP contribution in [0.25, 0.3) is 0 Å². The monoisotopic (exact) mass is 326 g/mol. The summed E-state index contributed by atoms with van der Waals surface area (Å²) in [5, 5.41) is 2.94. The molecule has 2 amide bonds. The van der Waals surface area contributed by atoms with Gasteiger partial charge in [-0.05, 0) is 51.2 Å². The molecule has 0 bridgehead atoms. The first kappa shape index (κ1) is 14.9. The maximum atomic E-state index is 12.8. The molecule has 114 valence electrons. The Kier molecular flexibility index (Phi) is 3.74. The fourth-order valence-corrected chi connectivity index (χ4v) is 4.06. The molecule has 3 rings (SSSR count). The predicted molar refractivity (Wildman–Crippen MR) is 83.5 cm³/mol. The topological polar surface area (TPSA) is 49.4 Å². The number of piperazine rings is 1. The number of thiophene rings is 1. The molecule has 0 aromatic carbocycles. The number of nitrogens with zero attached hydrogens (tertiary/aromatic N) is 1. The second-order valence-electron chi connectivity index (χ2n) is 6.10. The zero-order valence-electron chi connectivity index (χ0n) is 12.2. The molecule has 1 aliphatic heterocycles. The standard InChI is InChI=1S/C15H19ClN2O2S/c1-9-13(19)17-15(2,10-3-4-10)14(20)18(9)8-7-11-5-6-12(16)21-11/h5-6,9-10H,3-4,7-8H2,1-2H3,(H,17,19). The molecule has 2 unspecified atom stereocenters. The Morgan fingerprint density at radius 3 is 2.71 bits per heavy atom. The Balaban J connectivity index is 1.74. The molecule has 1 aromatic heterocycles. The Labute approximate surface area is 133 Å².